The molecule has 0 bridgehead atoms. The smallest absolute Gasteiger partial charge is 0.407 e. The maximum Gasteiger partial charge on any atom is 0.407 e. The third kappa shape index (κ3) is 3.99. The van der Waals surface area contributed by atoms with Gasteiger partial charge in [-0.05, 0) is 37.5 Å². The fourth-order valence-electron chi connectivity index (χ4n) is 3.96. The number of halogens is 1. The van der Waals surface area contributed by atoms with Crippen LogP contribution in [-0.4, -0.2) is 56.5 Å². The normalized spacial score (nSPS) is 25.3. The minimum Gasteiger partial charge on any atom is -0.450 e. The number of nitrogens with one attached hydrogen (secondary N) is 2. The Morgan fingerprint density at radius 3 is 2.73 bits per heavy atom. The largest absolute Gasteiger partial charge is 0.450 e. The zero-order valence-electron chi connectivity index (χ0n) is 17.2. The zero-order valence-corrected chi connectivity index (χ0v) is 17.2. The van der Waals surface area contributed by atoms with Gasteiger partial charge in [-0.15, -0.1) is 0 Å². The molecule has 0 aliphatic carbocycles. The fourth-order valence-corrected chi connectivity index (χ4v) is 3.96. The molecular weight excluding hydrogens is 395 g/mol. The molecule has 0 spiro atoms. The van der Waals surface area contributed by atoms with Crippen molar-refractivity contribution in [1.29, 1.82) is 0 Å². The quantitative estimate of drug-likeness (QED) is 0.634. The summed E-state index contributed by atoms with van der Waals surface area (Å²) in [7, 11) is 0. The molecule has 2 saturated heterocycles. The van der Waals surface area contributed by atoms with Gasteiger partial charge in [0, 0.05) is 13.1 Å². The van der Waals surface area contributed by atoms with Crippen LogP contribution >= 0.6 is 0 Å². The molecule has 0 saturated carbocycles. The molecule has 3 amide bonds. The Bertz CT molecular complexity index is 850. The topological polar surface area (TPSA) is 123 Å². The SMILES string of the molecule is CCOC(=O)NC1CN(c2ccc(C(C)(C(N)=O)C3CNC(=O)O3)cc2F)CC1C. The molecule has 4 unspecified atom stereocenters. The molecule has 2 aliphatic heterocycles. The Morgan fingerprint density at radius 1 is 1.43 bits per heavy atom. The third-order valence-corrected chi connectivity index (χ3v) is 5.92. The summed E-state index contributed by atoms with van der Waals surface area (Å²) < 4.78 is 25.2. The second-order valence-corrected chi connectivity index (χ2v) is 7.86. The first kappa shape index (κ1) is 21.7. The number of primary amides is 1. The van der Waals surface area contributed by atoms with E-state index in [1.807, 2.05) is 11.8 Å². The van der Waals surface area contributed by atoms with Crippen LogP contribution in [0.3, 0.4) is 0 Å². The Balaban J connectivity index is 1.80. The minimum absolute atomic E-state index is 0.0911. The Labute approximate surface area is 174 Å². The number of anilines is 1. The maximum absolute atomic E-state index is 15.1. The van der Waals surface area contributed by atoms with Gasteiger partial charge in [-0.1, -0.05) is 13.0 Å². The first-order chi connectivity index (χ1) is 14.2. The average molecular weight is 422 g/mol. The van der Waals surface area contributed by atoms with E-state index < -0.39 is 35.4 Å². The van der Waals surface area contributed by atoms with E-state index in [4.69, 9.17) is 15.2 Å². The lowest BCUT2D eigenvalue weighted by molar-refractivity contribution is -0.126. The van der Waals surface area contributed by atoms with E-state index in [9.17, 15) is 14.4 Å². The van der Waals surface area contributed by atoms with Gasteiger partial charge in [-0.2, -0.15) is 0 Å². The monoisotopic (exact) mass is 422 g/mol. The molecule has 1 aromatic rings. The van der Waals surface area contributed by atoms with Gasteiger partial charge in [0.2, 0.25) is 5.91 Å². The van der Waals surface area contributed by atoms with Crippen LogP contribution in [-0.2, 0) is 19.7 Å². The molecule has 4 N–H and O–H groups in total. The van der Waals surface area contributed by atoms with Crippen LogP contribution < -0.4 is 21.3 Å². The molecule has 10 heteroatoms. The van der Waals surface area contributed by atoms with Crippen LogP contribution in [0.5, 0.6) is 0 Å². The molecule has 2 heterocycles. The van der Waals surface area contributed by atoms with Gasteiger partial charge in [0.15, 0.2) is 0 Å². The number of amides is 3. The van der Waals surface area contributed by atoms with Crippen molar-refractivity contribution in [2.45, 2.75) is 38.3 Å². The van der Waals surface area contributed by atoms with E-state index >= 15 is 4.39 Å². The van der Waals surface area contributed by atoms with Crippen molar-refractivity contribution < 1.29 is 28.2 Å². The number of nitrogens with two attached hydrogens (primary N) is 1. The Morgan fingerprint density at radius 2 is 2.17 bits per heavy atom. The molecule has 164 valence electrons. The van der Waals surface area contributed by atoms with Crippen molar-refractivity contribution in [3.8, 4) is 0 Å². The van der Waals surface area contributed by atoms with E-state index in [-0.39, 0.29) is 25.1 Å². The molecule has 30 heavy (non-hydrogen) atoms. The lowest BCUT2D eigenvalue weighted by Gasteiger charge is -2.31. The van der Waals surface area contributed by atoms with Crippen molar-refractivity contribution in [1.82, 2.24) is 10.6 Å². The molecule has 2 fully saturated rings. The summed E-state index contributed by atoms with van der Waals surface area (Å²) in [5.41, 5.74) is 4.90. The fraction of sp³-hybridized carbons (Fsp3) is 0.550. The highest BCUT2D eigenvalue weighted by molar-refractivity contribution is 5.88. The average Bonchev–Trinajstić information content (AvgIpc) is 3.27. The van der Waals surface area contributed by atoms with Gasteiger partial charge in [0.25, 0.3) is 0 Å². The van der Waals surface area contributed by atoms with Gasteiger partial charge >= 0.3 is 12.2 Å². The summed E-state index contributed by atoms with van der Waals surface area (Å²) in [6, 6.07) is 4.27. The van der Waals surface area contributed by atoms with Gasteiger partial charge in [-0.3, -0.25) is 4.79 Å². The second kappa shape index (κ2) is 8.37. The van der Waals surface area contributed by atoms with E-state index in [0.717, 1.165) is 0 Å². The van der Waals surface area contributed by atoms with Gasteiger partial charge < -0.3 is 30.7 Å². The second-order valence-electron chi connectivity index (χ2n) is 7.86. The van der Waals surface area contributed by atoms with Crippen LogP contribution in [0.1, 0.15) is 26.3 Å². The van der Waals surface area contributed by atoms with E-state index in [1.165, 1.54) is 13.0 Å². The van der Waals surface area contributed by atoms with E-state index in [0.29, 0.717) is 24.3 Å². The highest BCUT2D eigenvalue weighted by atomic mass is 19.1. The molecule has 3 rings (SSSR count). The predicted octanol–water partition coefficient (Wildman–Crippen LogP) is 1.25. The number of carbonyl (C=O) groups excluding carboxylic acids is 3. The zero-order chi connectivity index (χ0) is 22.1. The van der Waals surface area contributed by atoms with Crippen molar-refractivity contribution >= 4 is 23.8 Å². The van der Waals surface area contributed by atoms with Crippen LogP contribution in [0.25, 0.3) is 0 Å². The number of alkyl carbamates (subject to hydrolysis) is 2. The molecule has 2 aliphatic rings. The molecule has 0 radical (unpaired) electrons. The molecule has 9 nitrogen and oxygen atoms in total. The molecular formula is C20H27FN4O5. The van der Waals surface area contributed by atoms with Gasteiger partial charge in [0.1, 0.15) is 17.3 Å². The van der Waals surface area contributed by atoms with Crippen LogP contribution in [0.15, 0.2) is 18.2 Å². The number of ether oxygens (including phenoxy) is 2. The van der Waals surface area contributed by atoms with Gasteiger partial charge in [-0.25, -0.2) is 14.0 Å². The maximum atomic E-state index is 15.1. The standard InChI is InChI=1S/C20H27FN4O5/c1-4-29-19(28)24-14-10-25(9-11(14)2)15-6-5-12(7-13(15)21)20(3,17(22)26)16-8-23-18(27)30-16/h5-7,11,14,16H,4,8-10H2,1-3H3,(H2,22,26)(H,23,27)(H,24,28). The number of nitrogens with zero attached hydrogens (tertiary/aromatic N) is 1. The number of benzene rings is 1. The molecule has 4 atom stereocenters. The van der Waals surface area contributed by atoms with E-state index in [2.05, 4.69) is 10.6 Å². The van der Waals surface area contributed by atoms with E-state index in [1.54, 1.807) is 19.1 Å². The molecule has 1 aromatic carbocycles. The number of carbonyl (C=O) groups is 3. The first-order valence-electron chi connectivity index (χ1n) is 9.89. The van der Waals surface area contributed by atoms with Crippen molar-refractivity contribution in [2.75, 3.05) is 31.1 Å². The van der Waals surface area contributed by atoms with Crippen molar-refractivity contribution in [3.05, 3.63) is 29.6 Å². The lowest BCUT2D eigenvalue weighted by atomic mass is 9.76. The number of hydrogen-bond donors (Lipinski definition) is 3. The predicted molar refractivity (Wildman–Crippen MR) is 107 cm³/mol. The first-order valence-corrected chi connectivity index (χ1v) is 9.89. The minimum atomic E-state index is -1.38. The highest BCUT2D eigenvalue weighted by Crippen LogP contribution is 2.35. The van der Waals surface area contributed by atoms with Crippen molar-refractivity contribution in [3.63, 3.8) is 0 Å². The van der Waals surface area contributed by atoms with Gasteiger partial charge in [0.05, 0.1) is 24.9 Å². The third-order valence-electron chi connectivity index (χ3n) is 5.92. The summed E-state index contributed by atoms with van der Waals surface area (Å²) in [5, 5.41) is 5.29. The summed E-state index contributed by atoms with van der Waals surface area (Å²) in [5.74, 6) is -1.15. The van der Waals surface area contributed by atoms with Crippen LogP contribution in [0, 0.1) is 11.7 Å². The number of hydrogen-bond acceptors (Lipinski definition) is 6. The summed E-state index contributed by atoms with van der Waals surface area (Å²) >= 11 is 0. The Hall–Kier alpha value is -3.04. The number of rotatable bonds is 6. The van der Waals surface area contributed by atoms with Crippen LogP contribution in [0.4, 0.5) is 19.7 Å². The summed E-state index contributed by atoms with van der Waals surface area (Å²) in [4.78, 5) is 37.2. The number of cyclic esters (lactones) is 1. The molecule has 0 aromatic heterocycles. The summed E-state index contributed by atoms with van der Waals surface area (Å²) in [6.07, 6.45) is -1.97. The summed E-state index contributed by atoms with van der Waals surface area (Å²) in [6.45, 7) is 6.58. The van der Waals surface area contributed by atoms with Crippen molar-refractivity contribution in [2.24, 2.45) is 11.7 Å². The Kier molecular flexibility index (Phi) is 6.04. The lowest BCUT2D eigenvalue weighted by Crippen LogP contribution is -2.49. The van der Waals surface area contributed by atoms with Crippen LogP contribution in [0.2, 0.25) is 0 Å². The highest BCUT2D eigenvalue weighted by Gasteiger charge is 2.47.